The first-order chi connectivity index (χ1) is 10.1. The standard InChI is InChI=1S/C15H19N3O3/c1-21-10-4-2-9(3-5-10)8-12-15(20)18-7-6-11(16)13(18)14(19)17-12/h2-5,11-13H,6-8,16H2,1H3,(H,17,19)/t11-,12-,13-/m0/s1. The van der Waals surface area contributed by atoms with Gasteiger partial charge in [0, 0.05) is 19.0 Å². The van der Waals surface area contributed by atoms with Crippen molar-refractivity contribution in [2.75, 3.05) is 13.7 Å². The molecule has 1 aromatic rings. The number of benzene rings is 1. The summed E-state index contributed by atoms with van der Waals surface area (Å²) < 4.78 is 5.11. The summed E-state index contributed by atoms with van der Waals surface area (Å²) in [6.07, 6.45) is 1.16. The largest absolute Gasteiger partial charge is 0.497 e. The van der Waals surface area contributed by atoms with Crippen molar-refractivity contribution in [3.05, 3.63) is 29.8 Å². The summed E-state index contributed by atoms with van der Waals surface area (Å²) in [5.74, 6) is 0.588. The van der Waals surface area contributed by atoms with Crippen molar-refractivity contribution < 1.29 is 14.3 Å². The molecule has 0 spiro atoms. The smallest absolute Gasteiger partial charge is 0.246 e. The van der Waals surface area contributed by atoms with E-state index in [4.69, 9.17) is 10.5 Å². The third kappa shape index (κ3) is 2.47. The van der Waals surface area contributed by atoms with Gasteiger partial charge in [0.1, 0.15) is 17.8 Å². The molecular weight excluding hydrogens is 270 g/mol. The molecule has 3 N–H and O–H groups in total. The fourth-order valence-corrected chi connectivity index (χ4v) is 3.05. The van der Waals surface area contributed by atoms with Crippen LogP contribution < -0.4 is 15.8 Å². The van der Waals surface area contributed by atoms with Gasteiger partial charge in [0.2, 0.25) is 11.8 Å². The van der Waals surface area contributed by atoms with Gasteiger partial charge in [-0.2, -0.15) is 0 Å². The molecule has 3 atom stereocenters. The van der Waals surface area contributed by atoms with E-state index in [2.05, 4.69) is 5.32 Å². The lowest BCUT2D eigenvalue weighted by atomic mass is 10.00. The molecule has 6 nitrogen and oxygen atoms in total. The summed E-state index contributed by atoms with van der Waals surface area (Å²) in [5.41, 5.74) is 6.89. The molecule has 2 aliphatic heterocycles. The van der Waals surface area contributed by atoms with Gasteiger partial charge in [0.25, 0.3) is 0 Å². The molecule has 0 aliphatic carbocycles. The summed E-state index contributed by atoms with van der Waals surface area (Å²) in [6, 6.07) is 6.24. The van der Waals surface area contributed by atoms with Crippen molar-refractivity contribution in [1.82, 2.24) is 10.2 Å². The first-order valence-corrected chi connectivity index (χ1v) is 7.09. The summed E-state index contributed by atoms with van der Waals surface area (Å²) in [7, 11) is 1.61. The maximum Gasteiger partial charge on any atom is 0.246 e. The first-order valence-electron chi connectivity index (χ1n) is 7.09. The van der Waals surface area contributed by atoms with Gasteiger partial charge >= 0.3 is 0 Å². The number of piperazine rings is 1. The minimum absolute atomic E-state index is 0.0385. The monoisotopic (exact) mass is 289 g/mol. The maximum atomic E-state index is 12.5. The number of carbonyl (C=O) groups excluding carboxylic acids is 2. The number of rotatable bonds is 3. The van der Waals surface area contributed by atoms with E-state index in [0.29, 0.717) is 19.4 Å². The van der Waals surface area contributed by atoms with E-state index in [1.165, 1.54) is 0 Å². The van der Waals surface area contributed by atoms with Gasteiger partial charge in [-0.1, -0.05) is 12.1 Å². The Kier molecular flexibility index (Phi) is 3.55. The van der Waals surface area contributed by atoms with Gasteiger partial charge in [0.05, 0.1) is 7.11 Å². The SMILES string of the molecule is COc1ccc(C[C@@H]2NC(=O)[C@@H]3[C@@H](N)CCN3C2=O)cc1. The normalized spacial score (nSPS) is 28.3. The highest BCUT2D eigenvalue weighted by atomic mass is 16.5. The first kappa shape index (κ1) is 13.9. The van der Waals surface area contributed by atoms with E-state index in [1.54, 1.807) is 12.0 Å². The van der Waals surface area contributed by atoms with Crippen LogP contribution in [-0.2, 0) is 16.0 Å². The van der Waals surface area contributed by atoms with Gasteiger partial charge in [-0.05, 0) is 24.1 Å². The quantitative estimate of drug-likeness (QED) is 0.797. The highest BCUT2D eigenvalue weighted by molar-refractivity contribution is 5.98. The van der Waals surface area contributed by atoms with E-state index in [-0.39, 0.29) is 17.9 Å². The van der Waals surface area contributed by atoms with E-state index >= 15 is 0 Å². The second-order valence-corrected chi connectivity index (χ2v) is 5.54. The van der Waals surface area contributed by atoms with Gasteiger partial charge in [-0.3, -0.25) is 9.59 Å². The third-order valence-electron chi connectivity index (χ3n) is 4.21. The molecule has 2 saturated heterocycles. The second-order valence-electron chi connectivity index (χ2n) is 5.54. The number of fused-ring (bicyclic) bond motifs is 1. The molecule has 0 saturated carbocycles. The van der Waals surface area contributed by atoms with Crippen molar-refractivity contribution in [3.8, 4) is 5.75 Å². The maximum absolute atomic E-state index is 12.5. The minimum Gasteiger partial charge on any atom is -0.497 e. The number of carbonyl (C=O) groups is 2. The molecule has 6 heteroatoms. The Morgan fingerprint density at radius 1 is 1.33 bits per heavy atom. The number of hydrogen-bond donors (Lipinski definition) is 2. The molecule has 112 valence electrons. The highest BCUT2D eigenvalue weighted by Crippen LogP contribution is 2.23. The van der Waals surface area contributed by atoms with Crippen molar-refractivity contribution in [2.24, 2.45) is 5.73 Å². The van der Waals surface area contributed by atoms with Crippen LogP contribution >= 0.6 is 0 Å². The lowest BCUT2D eigenvalue weighted by molar-refractivity contribution is -0.147. The van der Waals surface area contributed by atoms with Crippen molar-refractivity contribution in [1.29, 1.82) is 0 Å². The molecule has 21 heavy (non-hydrogen) atoms. The van der Waals surface area contributed by atoms with E-state index in [0.717, 1.165) is 11.3 Å². The van der Waals surface area contributed by atoms with Crippen molar-refractivity contribution in [3.63, 3.8) is 0 Å². The van der Waals surface area contributed by atoms with Crippen LogP contribution in [0.15, 0.2) is 24.3 Å². The van der Waals surface area contributed by atoms with E-state index in [1.807, 2.05) is 24.3 Å². The zero-order chi connectivity index (χ0) is 15.0. The van der Waals surface area contributed by atoms with Gasteiger partial charge in [-0.15, -0.1) is 0 Å². The van der Waals surface area contributed by atoms with Crippen LogP contribution in [0, 0.1) is 0 Å². The summed E-state index contributed by atoms with van der Waals surface area (Å²) in [4.78, 5) is 26.2. The molecule has 3 rings (SSSR count). The van der Waals surface area contributed by atoms with Gasteiger partial charge in [-0.25, -0.2) is 0 Å². The molecule has 2 amide bonds. The molecule has 0 bridgehead atoms. The molecule has 2 aliphatic rings. The predicted octanol–water partition coefficient (Wildman–Crippen LogP) is -0.336. The van der Waals surface area contributed by atoms with Gasteiger partial charge in [0.15, 0.2) is 0 Å². The summed E-state index contributed by atoms with van der Waals surface area (Å²) in [5, 5.41) is 2.80. The number of amides is 2. The lowest BCUT2D eigenvalue weighted by Crippen LogP contribution is -2.64. The number of methoxy groups -OCH3 is 1. The number of hydrogen-bond acceptors (Lipinski definition) is 4. The zero-order valence-corrected chi connectivity index (χ0v) is 11.9. The number of ether oxygens (including phenoxy) is 1. The number of nitrogens with two attached hydrogens (primary N) is 1. The van der Waals surface area contributed by atoms with Crippen LogP contribution in [0.1, 0.15) is 12.0 Å². The fraction of sp³-hybridized carbons (Fsp3) is 0.467. The minimum atomic E-state index is -0.507. The zero-order valence-electron chi connectivity index (χ0n) is 11.9. The van der Waals surface area contributed by atoms with Crippen molar-refractivity contribution in [2.45, 2.75) is 31.0 Å². The molecule has 0 unspecified atom stereocenters. The van der Waals surface area contributed by atoms with E-state index in [9.17, 15) is 9.59 Å². The average Bonchev–Trinajstić information content (AvgIpc) is 2.88. The highest BCUT2D eigenvalue weighted by Gasteiger charge is 2.46. The van der Waals surface area contributed by atoms with Crippen molar-refractivity contribution >= 4 is 11.8 Å². The third-order valence-corrected chi connectivity index (χ3v) is 4.21. The Balaban J connectivity index is 1.74. The summed E-state index contributed by atoms with van der Waals surface area (Å²) in [6.45, 7) is 0.567. The number of nitrogens with zero attached hydrogens (tertiary/aromatic N) is 1. The Hall–Kier alpha value is -2.08. The Morgan fingerprint density at radius 2 is 2.05 bits per heavy atom. The molecular formula is C15H19N3O3. The van der Waals surface area contributed by atoms with Crippen LogP contribution in [0.25, 0.3) is 0 Å². The lowest BCUT2D eigenvalue weighted by Gasteiger charge is -2.35. The van der Waals surface area contributed by atoms with Crippen LogP contribution in [0.4, 0.5) is 0 Å². The number of nitrogens with one attached hydrogen (secondary N) is 1. The Labute approximate surface area is 123 Å². The molecule has 0 aromatic heterocycles. The molecule has 1 aromatic carbocycles. The van der Waals surface area contributed by atoms with Crippen LogP contribution in [0.3, 0.4) is 0 Å². The Bertz CT molecular complexity index is 558. The Morgan fingerprint density at radius 3 is 2.71 bits per heavy atom. The molecule has 2 fully saturated rings. The molecule has 2 heterocycles. The van der Waals surface area contributed by atoms with E-state index < -0.39 is 12.1 Å². The molecule has 0 radical (unpaired) electrons. The van der Waals surface area contributed by atoms with Crippen LogP contribution in [0.5, 0.6) is 5.75 Å². The summed E-state index contributed by atoms with van der Waals surface area (Å²) >= 11 is 0. The second kappa shape index (κ2) is 5.37. The predicted molar refractivity (Wildman–Crippen MR) is 76.7 cm³/mol. The van der Waals surface area contributed by atoms with Crippen LogP contribution in [-0.4, -0.2) is 48.5 Å². The topological polar surface area (TPSA) is 84.7 Å². The fourth-order valence-electron chi connectivity index (χ4n) is 3.05. The van der Waals surface area contributed by atoms with Crippen LogP contribution in [0.2, 0.25) is 0 Å². The van der Waals surface area contributed by atoms with Gasteiger partial charge < -0.3 is 20.7 Å². The average molecular weight is 289 g/mol.